The van der Waals surface area contributed by atoms with E-state index in [0.717, 1.165) is 5.56 Å². The zero-order valence-corrected chi connectivity index (χ0v) is 6.78. The molecule has 0 N–H and O–H groups in total. The second-order valence-electron chi connectivity index (χ2n) is 2.46. The van der Waals surface area contributed by atoms with Crippen LogP contribution < -0.4 is 0 Å². The van der Waals surface area contributed by atoms with E-state index in [0.29, 0.717) is 6.29 Å². The smallest absolute Gasteiger partial charge is 0.263 e. The van der Waals surface area contributed by atoms with Crippen molar-refractivity contribution in [3.05, 3.63) is 41.5 Å². The number of alkyl halides is 2. The molecule has 68 valence electrons. The molecule has 0 bridgehead atoms. The summed E-state index contributed by atoms with van der Waals surface area (Å²) in [5.74, 6) is 0. The Kier molecular flexibility index (Phi) is 3.31. The normalized spacial score (nSPS) is 11.0. The van der Waals surface area contributed by atoms with E-state index in [1.54, 1.807) is 18.2 Å². The first kappa shape index (κ1) is 9.58. The average Bonchev–Trinajstić information content (AvgIpc) is 2.15. The van der Waals surface area contributed by atoms with Gasteiger partial charge in [-0.05, 0) is 11.6 Å². The molecule has 1 aromatic rings. The van der Waals surface area contributed by atoms with Crippen LogP contribution in [0.4, 0.5) is 8.78 Å². The van der Waals surface area contributed by atoms with Crippen LogP contribution in [0.25, 0.3) is 6.08 Å². The van der Waals surface area contributed by atoms with Crippen molar-refractivity contribution in [3.8, 4) is 0 Å². The molecule has 0 radical (unpaired) electrons. The minimum atomic E-state index is -2.44. The predicted octanol–water partition coefficient (Wildman–Crippen LogP) is 2.84. The lowest BCUT2D eigenvalue weighted by atomic mass is 10.1. The van der Waals surface area contributed by atoms with Crippen molar-refractivity contribution >= 4 is 12.4 Å². The number of hydrogen-bond acceptors (Lipinski definition) is 1. The van der Waals surface area contributed by atoms with E-state index in [2.05, 4.69) is 0 Å². The highest BCUT2D eigenvalue weighted by atomic mass is 19.3. The largest absolute Gasteiger partial charge is 0.299 e. The van der Waals surface area contributed by atoms with Gasteiger partial charge in [0.1, 0.15) is 6.29 Å². The van der Waals surface area contributed by atoms with Crippen molar-refractivity contribution in [1.29, 1.82) is 0 Å². The van der Waals surface area contributed by atoms with Crippen LogP contribution >= 0.6 is 0 Å². The van der Waals surface area contributed by atoms with Crippen molar-refractivity contribution < 1.29 is 13.6 Å². The monoisotopic (exact) mass is 182 g/mol. The highest BCUT2D eigenvalue weighted by Crippen LogP contribution is 2.18. The van der Waals surface area contributed by atoms with Gasteiger partial charge in [-0.15, -0.1) is 0 Å². The SMILES string of the molecule is O=CC=Cc1ccc(C(F)F)cc1. The molecule has 1 rings (SSSR count). The molecule has 1 nitrogen and oxygen atoms in total. The number of rotatable bonds is 3. The van der Waals surface area contributed by atoms with Gasteiger partial charge in [0.05, 0.1) is 0 Å². The molecule has 0 spiro atoms. The lowest BCUT2D eigenvalue weighted by Gasteiger charge is -1.98. The van der Waals surface area contributed by atoms with Gasteiger partial charge in [0.2, 0.25) is 0 Å². The van der Waals surface area contributed by atoms with Gasteiger partial charge in [-0.1, -0.05) is 30.3 Å². The van der Waals surface area contributed by atoms with Crippen LogP contribution in [0, 0.1) is 0 Å². The van der Waals surface area contributed by atoms with Crippen LogP contribution in [0.15, 0.2) is 30.3 Å². The molecule has 0 heterocycles. The third kappa shape index (κ3) is 2.78. The third-order valence-corrected chi connectivity index (χ3v) is 1.56. The molecule has 0 saturated heterocycles. The van der Waals surface area contributed by atoms with E-state index in [-0.39, 0.29) is 5.56 Å². The van der Waals surface area contributed by atoms with Crippen molar-refractivity contribution in [2.75, 3.05) is 0 Å². The summed E-state index contributed by atoms with van der Waals surface area (Å²) in [6.45, 7) is 0. The van der Waals surface area contributed by atoms with Crippen molar-refractivity contribution in [3.63, 3.8) is 0 Å². The van der Waals surface area contributed by atoms with E-state index in [1.165, 1.54) is 18.2 Å². The third-order valence-electron chi connectivity index (χ3n) is 1.56. The van der Waals surface area contributed by atoms with Gasteiger partial charge in [-0.25, -0.2) is 8.78 Å². The number of benzene rings is 1. The van der Waals surface area contributed by atoms with E-state index in [4.69, 9.17) is 0 Å². The topological polar surface area (TPSA) is 17.1 Å². The standard InChI is InChI=1S/C10H8F2O/c11-10(12)9-5-3-8(4-6-9)2-1-7-13/h1-7,10H. The fourth-order valence-corrected chi connectivity index (χ4v) is 0.903. The molecule has 0 fully saturated rings. The average molecular weight is 182 g/mol. The molecule has 0 amide bonds. The van der Waals surface area contributed by atoms with Crippen molar-refractivity contribution in [2.45, 2.75) is 6.43 Å². The lowest BCUT2D eigenvalue weighted by molar-refractivity contribution is -0.104. The minimum Gasteiger partial charge on any atom is -0.299 e. The van der Waals surface area contributed by atoms with Gasteiger partial charge < -0.3 is 0 Å². The number of halogens is 2. The summed E-state index contributed by atoms with van der Waals surface area (Å²) < 4.78 is 24.2. The van der Waals surface area contributed by atoms with E-state index >= 15 is 0 Å². The molecule has 0 aromatic heterocycles. The van der Waals surface area contributed by atoms with E-state index in [9.17, 15) is 13.6 Å². The molecule has 1 aromatic carbocycles. The quantitative estimate of drug-likeness (QED) is 0.519. The summed E-state index contributed by atoms with van der Waals surface area (Å²) in [6, 6.07) is 5.77. The number of carbonyl (C=O) groups excluding carboxylic acids is 1. The molecule has 0 saturated carbocycles. The molecule has 0 atom stereocenters. The lowest BCUT2D eigenvalue weighted by Crippen LogP contribution is -1.82. The van der Waals surface area contributed by atoms with Gasteiger partial charge in [0, 0.05) is 5.56 Å². The van der Waals surface area contributed by atoms with E-state index in [1.807, 2.05) is 0 Å². The fraction of sp³-hybridized carbons (Fsp3) is 0.100. The van der Waals surface area contributed by atoms with Gasteiger partial charge in [0.25, 0.3) is 6.43 Å². The summed E-state index contributed by atoms with van der Waals surface area (Å²) in [4.78, 5) is 9.95. The molecular weight excluding hydrogens is 174 g/mol. The van der Waals surface area contributed by atoms with Crippen molar-refractivity contribution in [1.82, 2.24) is 0 Å². The Morgan fingerprint density at radius 1 is 1.15 bits per heavy atom. The first-order valence-corrected chi connectivity index (χ1v) is 3.74. The first-order chi connectivity index (χ1) is 6.24. The van der Waals surface area contributed by atoms with Crippen molar-refractivity contribution in [2.24, 2.45) is 0 Å². The van der Waals surface area contributed by atoms with Crippen LogP contribution in [0.1, 0.15) is 17.6 Å². The molecule has 13 heavy (non-hydrogen) atoms. The highest BCUT2D eigenvalue weighted by molar-refractivity contribution is 5.73. The molecule has 0 unspecified atom stereocenters. The summed E-state index contributed by atoms with van der Waals surface area (Å²) in [5.41, 5.74) is 0.722. The zero-order valence-electron chi connectivity index (χ0n) is 6.78. The van der Waals surface area contributed by atoms with Gasteiger partial charge >= 0.3 is 0 Å². The van der Waals surface area contributed by atoms with E-state index < -0.39 is 6.43 Å². The van der Waals surface area contributed by atoms with Gasteiger partial charge in [0.15, 0.2) is 0 Å². The van der Waals surface area contributed by atoms with Crippen LogP contribution in [0.3, 0.4) is 0 Å². The maximum absolute atomic E-state index is 12.1. The molecule has 0 aliphatic heterocycles. The Morgan fingerprint density at radius 2 is 1.77 bits per heavy atom. The summed E-state index contributed by atoms with van der Waals surface area (Å²) in [7, 11) is 0. The molecule has 0 aliphatic rings. The summed E-state index contributed by atoms with van der Waals surface area (Å²) in [5, 5.41) is 0. The Morgan fingerprint density at radius 3 is 2.23 bits per heavy atom. The molecular formula is C10H8F2O. The van der Waals surface area contributed by atoms with Crippen LogP contribution in [0.5, 0.6) is 0 Å². The Bertz CT molecular complexity index is 301. The minimum absolute atomic E-state index is 0.0109. The van der Waals surface area contributed by atoms with Gasteiger partial charge in [-0.2, -0.15) is 0 Å². The summed E-state index contributed by atoms with van der Waals surface area (Å²) >= 11 is 0. The number of aldehydes is 1. The number of carbonyl (C=O) groups is 1. The van der Waals surface area contributed by atoms with Gasteiger partial charge in [-0.3, -0.25) is 4.79 Å². The first-order valence-electron chi connectivity index (χ1n) is 3.74. The summed E-state index contributed by atoms with van der Waals surface area (Å²) in [6.07, 6.45) is 1.07. The van der Waals surface area contributed by atoms with Crippen LogP contribution in [-0.2, 0) is 4.79 Å². The zero-order chi connectivity index (χ0) is 9.68. The second-order valence-corrected chi connectivity index (χ2v) is 2.46. The Labute approximate surface area is 74.7 Å². The van der Waals surface area contributed by atoms with Crippen LogP contribution in [-0.4, -0.2) is 6.29 Å². The number of allylic oxidation sites excluding steroid dienone is 1. The Hall–Kier alpha value is -1.51. The Balaban J connectivity index is 2.81. The van der Waals surface area contributed by atoms with Crippen LogP contribution in [0.2, 0.25) is 0 Å². The second kappa shape index (κ2) is 4.50. The maximum Gasteiger partial charge on any atom is 0.263 e. The fourth-order valence-electron chi connectivity index (χ4n) is 0.903. The number of hydrogen-bond donors (Lipinski definition) is 0. The highest BCUT2D eigenvalue weighted by Gasteiger charge is 2.04. The predicted molar refractivity (Wildman–Crippen MR) is 46.5 cm³/mol. The molecule has 3 heteroatoms. The molecule has 0 aliphatic carbocycles. The maximum atomic E-state index is 12.1.